The quantitative estimate of drug-likeness (QED) is 0.264. The number of carbonyl (C=O) groups excluding carboxylic acids is 1. The van der Waals surface area contributed by atoms with Crippen molar-refractivity contribution in [2.75, 3.05) is 59.5 Å². The SMILES string of the molecule is CC[C@H](C[C@@H]1CC[C@H](OCc2ccc3c(c2)N(CCCOC)CCO3)[C@@H](c2ccc(OC)cc2)C1)OC(=O)N(C)C. The number of carbonyl (C=O) groups is 1. The van der Waals surface area contributed by atoms with E-state index < -0.39 is 0 Å². The van der Waals surface area contributed by atoms with Gasteiger partial charge in [0, 0.05) is 40.3 Å². The normalized spacial score (nSPS) is 21.0. The topological polar surface area (TPSA) is 69.7 Å². The molecule has 0 unspecified atom stereocenters. The van der Waals surface area contributed by atoms with Crippen molar-refractivity contribution in [2.24, 2.45) is 5.92 Å². The van der Waals surface area contributed by atoms with Gasteiger partial charge in [-0.25, -0.2) is 4.79 Å². The van der Waals surface area contributed by atoms with Crippen LogP contribution in [0.5, 0.6) is 11.5 Å². The Morgan fingerprint density at radius 2 is 1.93 bits per heavy atom. The number of rotatable bonds is 13. The number of amides is 1. The Kier molecular flexibility index (Phi) is 11.6. The molecule has 2 aromatic rings. The molecule has 2 aromatic carbocycles. The third-order valence-electron chi connectivity index (χ3n) is 8.35. The molecule has 0 bridgehead atoms. The molecule has 8 heteroatoms. The zero-order chi connectivity index (χ0) is 29.2. The summed E-state index contributed by atoms with van der Waals surface area (Å²) in [6.07, 6.45) is 5.45. The van der Waals surface area contributed by atoms with Crippen LogP contribution in [0.2, 0.25) is 0 Å². The van der Waals surface area contributed by atoms with E-state index in [2.05, 4.69) is 42.2 Å². The highest BCUT2D eigenvalue weighted by Gasteiger charge is 2.34. The summed E-state index contributed by atoms with van der Waals surface area (Å²) in [5.74, 6) is 2.51. The molecule has 0 N–H and O–H groups in total. The van der Waals surface area contributed by atoms with Gasteiger partial charge >= 0.3 is 6.09 Å². The first-order valence-corrected chi connectivity index (χ1v) is 15.0. The lowest BCUT2D eigenvalue weighted by atomic mass is 9.74. The van der Waals surface area contributed by atoms with Crippen LogP contribution < -0.4 is 14.4 Å². The molecule has 2 aliphatic rings. The molecule has 0 saturated heterocycles. The van der Waals surface area contributed by atoms with E-state index in [1.54, 1.807) is 28.3 Å². The van der Waals surface area contributed by atoms with Crippen LogP contribution in [0.3, 0.4) is 0 Å². The van der Waals surface area contributed by atoms with Crippen molar-refractivity contribution in [3.63, 3.8) is 0 Å². The van der Waals surface area contributed by atoms with Crippen molar-refractivity contribution in [3.05, 3.63) is 53.6 Å². The molecule has 226 valence electrons. The van der Waals surface area contributed by atoms with Gasteiger partial charge in [-0.05, 0) is 79.8 Å². The van der Waals surface area contributed by atoms with Crippen LogP contribution in [0, 0.1) is 5.92 Å². The van der Waals surface area contributed by atoms with E-state index in [1.165, 1.54) is 10.5 Å². The number of hydrogen-bond acceptors (Lipinski definition) is 7. The monoisotopic (exact) mass is 568 g/mol. The van der Waals surface area contributed by atoms with Crippen LogP contribution in [0.4, 0.5) is 10.5 Å². The van der Waals surface area contributed by atoms with Crippen molar-refractivity contribution in [1.29, 1.82) is 0 Å². The summed E-state index contributed by atoms with van der Waals surface area (Å²) in [7, 11) is 6.90. The molecular weight excluding hydrogens is 520 g/mol. The maximum Gasteiger partial charge on any atom is 0.409 e. The largest absolute Gasteiger partial charge is 0.497 e. The second kappa shape index (κ2) is 15.3. The van der Waals surface area contributed by atoms with Crippen LogP contribution in [0.1, 0.15) is 62.5 Å². The smallest absolute Gasteiger partial charge is 0.409 e. The summed E-state index contributed by atoms with van der Waals surface area (Å²) in [4.78, 5) is 16.1. The minimum atomic E-state index is -0.270. The van der Waals surface area contributed by atoms with Gasteiger partial charge in [-0.3, -0.25) is 0 Å². The summed E-state index contributed by atoms with van der Waals surface area (Å²) in [5, 5.41) is 0. The Morgan fingerprint density at radius 3 is 2.63 bits per heavy atom. The molecule has 1 fully saturated rings. The van der Waals surface area contributed by atoms with Gasteiger partial charge in [-0.1, -0.05) is 25.1 Å². The molecule has 1 aliphatic carbocycles. The molecule has 0 radical (unpaired) electrons. The summed E-state index contributed by atoms with van der Waals surface area (Å²) in [5.41, 5.74) is 3.56. The Balaban J connectivity index is 1.45. The van der Waals surface area contributed by atoms with Crippen molar-refractivity contribution in [2.45, 2.75) is 70.2 Å². The second-order valence-electron chi connectivity index (χ2n) is 11.4. The van der Waals surface area contributed by atoms with Crippen molar-refractivity contribution >= 4 is 11.8 Å². The Morgan fingerprint density at radius 1 is 1.12 bits per heavy atom. The van der Waals surface area contributed by atoms with E-state index in [-0.39, 0.29) is 24.2 Å². The number of ether oxygens (including phenoxy) is 5. The Labute approximate surface area is 245 Å². The highest BCUT2D eigenvalue weighted by Crippen LogP contribution is 2.41. The second-order valence-corrected chi connectivity index (χ2v) is 11.4. The van der Waals surface area contributed by atoms with E-state index in [9.17, 15) is 4.79 Å². The minimum Gasteiger partial charge on any atom is -0.497 e. The molecule has 1 amide bonds. The molecule has 1 heterocycles. The molecular formula is C33H48N2O6. The summed E-state index contributed by atoms with van der Waals surface area (Å²) in [6.45, 7) is 5.93. The summed E-state index contributed by atoms with van der Waals surface area (Å²) < 4.78 is 29.1. The molecule has 0 aromatic heterocycles. The molecule has 4 atom stereocenters. The standard InChI is InChI=1S/C33H48N2O6/c1-6-27(41-33(36)34(2)3)20-24-8-14-31(29(21-24)26-10-12-28(38-5)13-11-26)40-23-25-9-15-32-30(22-25)35(17-19-39-32)16-7-18-37-4/h9-13,15,22,24,27,29,31H,6-8,14,16-21,23H2,1-5H3/t24-,27+,29+,31-/m0/s1. The van der Waals surface area contributed by atoms with Crippen LogP contribution in [-0.4, -0.2) is 77.8 Å². The van der Waals surface area contributed by atoms with Gasteiger partial charge in [0.2, 0.25) is 0 Å². The maximum absolute atomic E-state index is 12.2. The summed E-state index contributed by atoms with van der Waals surface area (Å²) in [6, 6.07) is 14.8. The third-order valence-corrected chi connectivity index (χ3v) is 8.35. The average Bonchev–Trinajstić information content (AvgIpc) is 3.00. The van der Waals surface area contributed by atoms with E-state index in [0.717, 1.165) is 81.0 Å². The van der Waals surface area contributed by atoms with Gasteiger partial charge in [-0.15, -0.1) is 0 Å². The number of hydrogen-bond donors (Lipinski definition) is 0. The fourth-order valence-electron chi connectivity index (χ4n) is 6.01. The number of nitrogens with zero attached hydrogens (tertiary/aromatic N) is 2. The highest BCUT2D eigenvalue weighted by molar-refractivity contribution is 5.67. The number of anilines is 1. The van der Waals surface area contributed by atoms with Crippen molar-refractivity contribution in [3.8, 4) is 11.5 Å². The molecule has 0 spiro atoms. The predicted octanol–water partition coefficient (Wildman–Crippen LogP) is 6.27. The van der Waals surface area contributed by atoms with Crippen LogP contribution in [0.15, 0.2) is 42.5 Å². The first-order valence-electron chi connectivity index (χ1n) is 15.0. The highest BCUT2D eigenvalue weighted by atomic mass is 16.6. The zero-order valence-corrected chi connectivity index (χ0v) is 25.5. The Bertz CT molecular complexity index is 1090. The lowest BCUT2D eigenvalue weighted by Crippen LogP contribution is -2.34. The van der Waals surface area contributed by atoms with Gasteiger partial charge in [0.05, 0.1) is 32.1 Å². The van der Waals surface area contributed by atoms with Gasteiger partial charge in [0.25, 0.3) is 0 Å². The van der Waals surface area contributed by atoms with Gasteiger partial charge < -0.3 is 33.5 Å². The Hall–Kier alpha value is -2.97. The lowest BCUT2D eigenvalue weighted by molar-refractivity contribution is -0.0162. The first-order chi connectivity index (χ1) is 19.9. The molecule has 8 nitrogen and oxygen atoms in total. The van der Waals surface area contributed by atoms with Crippen LogP contribution >= 0.6 is 0 Å². The van der Waals surface area contributed by atoms with E-state index >= 15 is 0 Å². The van der Waals surface area contributed by atoms with E-state index in [1.807, 2.05) is 12.1 Å². The number of methoxy groups -OCH3 is 2. The average molecular weight is 569 g/mol. The zero-order valence-electron chi connectivity index (χ0n) is 25.5. The number of fused-ring (bicyclic) bond motifs is 1. The maximum atomic E-state index is 12.2. The van der Waals surface area contributed by atoms with Gasteiger partial charge in [-0.2, -0.15) is 0 Å². The van der Waals surface area contributed by atoms with Crippen LogP contribution in [0.25, 0.3) is 0 Å². The lowest BCUT2D eigenvalue weighted by Gasteiger charge is -2.38. The van der Waals surface area contributed by atoms with Crippen molar-refractivity contribution in [1.82, 2.24) is 4.90 Å². The van der Waals surface area contributed by atoms with Crippen molar-refractivity contribution < 1.29 is 28.5 Å². The minimum absolute atomic E-state index is 0.0755. The third kappa shape index (κ3) is 8.52. The number of benzene rings is 2. The first kappa shape index (κ1) is 31.0. The molecule has 1 saturated carbocycles. The van der Waals surface area contributed by atoms with E-state index in [0.29, 0.717) is 19.1 Å². The van der Waals surface area contributed by atoms with Crippen LogP contribution in [-0.2, 0) is 20.8 Å². The van der Waals surface area contributed by atoms with E-state index in [4.69, 9.17) is 23.7 Å². The molecule has 41 heavy (non-hydrogen) atoms. The predicted molar refractivity (Wildman–Crippen MR) is 161 cm³/mol. The van der Waals surface area contributed by atoms with Gasteiger partial charge in [0.1, 0.15) is 24.2 Å². The fourth-order valence-corrected chi connectivity index (χ4v) is 6.01. The summed E-state index contributed by atoms with van der Waals surface area (Å²) >= 11 is 0. The van der Waals surface area contributed by atoms with Gasteiger partial charge in [0.15, 0.2) is 0 Å². The molecule has 4 rings (SSSR count). The fraction of sp³-hybridized carbons (Fsp3) is 0.606. The molecule has 1 aliphatic heterocycles.